The molecule has 0 amide bonds. The van der Waals surface area contributed by atoms with Gasteiger partial charge in [-0.2, -0.15) is 0 Å². The highest BCUT2D eigenvalue weighted by Crippen LogP contribution is 2.21. The smallest absolute Gasteiger partial charge is 0.119 e. The van der Waals surface area contributed by atoms with Crippen LogP contribution in [-0.4, -0.2) is 20.2 Å². The van der Waals surface area contributed by atoms with Gasteiger partial charge in [-0.3, -0.25) is 0 Å². The lowest BCUT2D eigenvalue weighted by Crippen LogP contribution is -2.30. The van der Waals surface area contributed by atoms with Gasteiger partial charge in [-0.1, -0.05) is 6.07 Å². The summed E-state index contributed by atoms with van der Waals surface area (Å²) in [6.07, 6.45) is 3.84. The summed E-state index contributed by atoms with van der Waals surface area (Å²) in [5, 5.41) is 3.47. The van der Waals surface area contributed by atoms with Crippen LogP contribution in [0.3, 0.4) is 0 Å². The fraction of sp³-hybridized carbons (Fsp3) is 0.571. The number of methoxy groups -OCH3 is 1. The van der Waals surface area contributed by atoms with E-state index in [1.807, 2.05) is 0 Å². The van der Waals surface area contributed by atoms with Crippen molar-refractivity contribution >= 4 is 0 Å². The van der Waals surface area contributed by atoms with Gasteiger partial charge in [0, 0.05) is 0 Å². The molecule has 0 spiro atoms. The Morgan fingerprint density at radius 3 is 2.94 bits per heavy atom. The largest absolute Gasteiger partial charge is 0.497 e. The van der Waals surface area contributed by atoms with Gasteiger partial charge in [-0.05, 0) is 68.5 Å². The Hall–Kier alpha value is -1.02. The first kappa shape index (κ1) is 11.5. The van der Waals surface area contributed by atoms with Gasteiger partial charge < -0.3 is 10.1 Å². The topological polar surface area (TPSA) is 21.3 Å². The standard InChI is InChI=1S/C14H21NO/c1-11-6-13(9-14(7-11)16-2)8-12-4-3-5-15-10-12/h6-7,9,12,15H,3-5,8,10H2,1-2H3. The molecule has 2 heteroatoms. The molecule has 1 heterocycles. The normalized spacial score (nSPS) is 20.8. The molecule has 2 nitrogen and oxygen atoms in total. The van der Waals surface area contributed by atoms with Crippen LogP contribution in [0.15, 0.2) is 18.2 Å². The minimum absolute atomic E-state index is 0.792. The van der Waals surface area contributed by atoms with Gasteiger partial charge in [0.2, 0.25) is 0 Å². The predicted molar refractivity (Wildman–Crippen MR) is 67.0 cm³/mol. The van der Waals surface area contributed by atoms with E-state index in [1.54, 1.807) is 7.11 Å². The average Bonchev–Trinajstić information content (AvgIpc) is 2.29. The fourth-order valence-electron chi connectivity index (χ4n) is 2.49. The molecular formula is C14H21NO. The average molecular weight is 219 g/mol. The van der Waals surface area contributed by atoms with Gasteiger partial charge in [-0.15, -0.1) is 0 Å². The molecule has 0 aromatic heterocycles. The summed E-state index contributed by atoms with van der Waals surface area (Å²) in [5.74, 6) is 1.78. The Labute approximate surface area is 98.0 Å². The van der Waals surface area contributed by atoms with E-state index in [1.165, 1.54) is 36.9 Å². The van der Waals surface area contributed by atoms with Gasteiger partial charge in [0.1, 0.15) is 5.75 Å². The Morgan fingerprint density at radius 2 is 2.25 bits per heavy atom. The number of ether oxygens (including phenoxy) is 1. The number of rotatable bonds is 3. The van der Waals surface area contributed by atoms with Gasteiger partial charge in [0.05, 0.1) is 7.11 Å². The van der Waals surface area contributed by atoms with Crippen molar-refractivity contribution in [2.45, 2.75) is 26.2 Å². The van der Waals surface area contributed by atoms with Crippen molar-refractivity contribution in [3.63, 3.8) is 0 Å². The number of aryl methyl sites for hydroxylation is 1. The highest BCUT2D eigenvalue weighted by atomic mass is 16.5. The first-order chi connectivity index (χ1) is 7.78. The maximum Gasteiger partial charge on any atom is 0.119 e. The molecule has 1 aromatic rings. The molecule has 1 aromatic carbocycles. The highest BCUT2D eigenvalue weighted by Gasteiger charge is 2.13. The molecule has 0 bridgehead atoms. The van der Waals surface area contributed by atoms with Crippen LogP contribution in [-0.2, 0) is 6.42 Å². The van der Waals surface area contributed by atoms with Crippen LogP contribution in [0.4, 0.5) is 0 Å². The number of nitrogens with one attached hydrogen (secondary N) is 1. The first-order valence-electron chi connectivity index (χ1n) is 6.13. The predicted octanol–water partition coefficient (Wildman–Crippen LogP) is 2.55. The molecule has 1 atom stereocenters. The maximum absolute atomic E-state index is 5.31. The van der Waals surface area contributed by atoms with E-state index < -0.39 is 0 Å². The van der Waals surface area contributed by atoms with E-state index >= 15 is 0 Å². The fourth-order valence-corrected chi connectivity index (χ4v) is 2.49. The second-order valence-electron chi connectivity index (χ2n) is 4.77. The molecule has 0 saturated carbocycles. The number of hydrogen-bond donors (Lipinski definition) is 1. The van der Waals surface area contributed by atoms with Gasteiger partial charge in [0.25, 0.3) is 0 Å². The molecule has 16 heavy (non-hydrogen) atoms. The summed E-state index contributed by atoms with van der Waals surface area (Å²) in [6, 6.07) is 6.53. The summed E-state index contributed by atoms with van der Waals surface area (Å²) in [4.78, 5) is 0. The third kappa shape index (κ3) is 2.99. The second kappa shape index (κ2) is 5.35. The summed E-state index contributed by atoms with van der Waals surface area (Å²) in [5.41, 5.74) is 2.70. The van der Waals surface area contributed by atoms with E-state index in [-0.39, 0.29) is 0 Å². The molecular weight excluding hydrogens is 198 g/mol. The zero-order valence-corrected chi connectivity index (χ0v) is 10.3. The highest BCUT2D eigenvalue weighted by molar-refractivity contribution is 5.34. The third-order valence-electron chi connectivity index (χ3n) is 3.27. The van der Waals surface area contributed by atoms with Crippen LogP contribution in [0.5, 0.6) is 5.75 Å². The van der Waals surface area contributed by atoms with Crippen LogP contribution >= 0.6 is 0 Å². The van der Waals surface area contributed by atoms with Crippen LogP contribution in [0, 0.1) is 12.8 Å². The van der Waals surface area contributed by atoms with Gasteiger partial charge >= 0.3 is 0 Å². The Balaban J connectivity index is 2.04. The lowest BCUT2D eigenvalue weighted by Gasteiger charge is -2.23. The number of piperidine rings is 1. The second-order valence-corrected chi connectivity index (χ2v) is 4.77. The van der Waals surface area contributed by atoms with Crippen molar-refractivity contribution in [3.05, 3.63) is 29.3 Å². The zero-order chi connectivity index (χ0) is 11.4. The van der Waals surface area contributed by atoms with Gasteiger partial charge in [-0.25, -0.2) is 0 Å². The van der Waals surface area contributed by atoms with Crippen molar-refractivity contribution in [1.29, 1.82) is 0 Å². The Bertz CT molecular complexity index is 343. The van der Waals surface area contributed by atoms with Crippen LogP contribution in [0.25, 0.3) is 0 Å². The van der Waals surface area contributed by atoms with Crippen molar-refractivity contribution < 1.29 is 4.74 Å². The summed E-state index contributed by atoms with van der Waals surface area (Å²) in [7, 11) is 1.74. The molecule has 2 rings (SSSR count). The molecule has 1 aliphatic rings. The Kier molecular flexibility index (Phi) is 3.83. The van der Waals surface area contributed by atoms with Crippen LogP contribution < -0.4 is 10.1 Å². The van der Waals surface area contributed by atoms with E-state index in [2.05, 4.69) is 30.4 Å². The molecule has 1 N–H and O–H groups in total. The lowest BCUT2D eigenvalue weighted by molar-refractivity contribution is 0.374. The molecule has 1 saturated heterocycles. The number of benzene rings is 1. The maximum atomic E-state index is 5.31. The van der Waals surface area contributed by atoms with Crippen molar-refractivity contribution in [2.24, 2.45) is 5.92 Å². The zero-order valence-electron chi connectivity index (χ0n) is 10.3. The lowest BCUT2D eigenvalue weighted by atomic mass is 9.92. The molecule has 88 valence electrons. The first-order valence-corrected chi connectivity index (χ1v) is 6.13. The molecule has 1 unspecified atom stereocenters. The van der Waals surface area contributed by atoms with Crippen LogP contribution in [0.2, 0.25) is 0 Å². The van der Waals surface area contributed by atoms with Crippen LogP contribution in [0.1, 0.15) is 24.0 Å². The van der Waals surface area contributed by atoms with E-state index in [0.29, 0.717) is 0 Å². The minimum atomic E-state index is 0.792. The van der Waals surface area contributed by atoms with Crippen molar-refractivity contribution in [2.75, 3.05) is 20.2 Å². The molecule has 1 aliphatic heterocycles. The van der Waals surface area contributed by atoms with E-state index in [4.69, 9.17) is 4.74 Å². The Morgan fingerprint density at radius 1 is 1.38 bits per heavy atom. The van der Waals surface area contributed by atoms with Gasteiger partial charge in [0.15, 0.2) is 0 Å². The monoisotopic (exact) mass is 219 g/mol. The van der Waals surface area contributed by atoms with Crippen molar-refractivity contribution in [3.8, 4) is 5.75 Å². The van der Waals surface area contributed by atoms with E-state index in [9.17, 15) is 0 Å². The summed E-state index contributed by atoms with van der Waals surface area (Å²) < 4.78 is 5.31. The minimum Gasteiger partial charge on any atom is -0.497 e. The summed E-state index contributed by atoms with van der Waals surface area (Å²) >= 11 is 0. The number of hydrogen-bond acceptors (Lipinski definition) is 2. The quantitative estimate of drug-likeness (QED) is 0.843. The SMILES string of the molecule is COc1cc(C)cc(CC2CCCNC2)c1. The van der Waals surface area contributed by atoms with E-state index in [0.717, 1.165) is 18.2 Å². The molecule has 0 radical (unpaired) electrons. The molecule has 1 fully saturated rings. The third-order valence-corrected chi connectivity index (χ3v) is 3.27. The summed E-state index contributed by atoms with van der Waals surface area (Å²) in [6.45, 7) is 4.48. The molecule has 0 aliphatic carbocycles. The van der Waals surface area contributed by atoms with Crippen molar-refractivity contribution in [1.82, 2.24) is 5.32 Å².